The number of carbonyl (C=O) groups excluding carboxylic acids is 3. The van der Waals surface area contributed by atoms with E-state index in [0.29, 0.717) is 25.9 Å². The zero-order valence-corrected chi connectivity index (χ0v) is 19.1. The molecule has 2 aromatic rings. The van der Waals surface area contributed by atoms with E-state index < -0.39 is 24.0 Å². The minimum atomic E-state index is -0.951. The van der Waals surface area contributed by atoms with E-state index in [1.807, 2.05) is 60.7 Å². The van der Waals surface area contributed by atoms with E-state index in [1.54, 1.807) is 11.0 Å². The molecule has 176 valence electrons. The molecule has 0 aliphatic rings. The first-order chi connectivity index (χ1) is 15.9. The summed E-state index contributed by atoms with van der Waals surface area (Å²) in [5.41, 5.74) is 8.08. The highest BCUT2D eigenvalue weighted by molar-refractivity contribution is 5.88. The van der Waals surface area contributed by atoms with E-state index in [4.69, 9.17) is 10.5 Å². The molecule has 7 nitrogen and oxygen atoms in total. The van der Waals surface area contributed by atoms with Gasteiger partial charge < -0.3 is 20.7 Å². The fourth-order valence-corrected chi connectivity index (χ4v) is 3.44. The van der Waals surface area contributed by atoms with E-state index in [1.165, 1.54) is 7.11 Å². The fraction of sp³-hybridized carbons (Fsp3) is 0.346. The Labute approximate surface area is 195 Å². The predicted molar refractivity (Wildman–Crippen MR) is 128 cm³/mol. The van der Waals surface area contributed by atoms with Gasteiger partial charge in [-0.25, -0.2) is 4.79 Å². The summed E-state index contributed by atoms with van der Waals surface area (Å²) in [7, 11) is 1.25. The highest BCUT2D eigenvalue weighted by Crippen LogP contribution is 2.08. The second kappa shape index (κ2) is 13.9. The monoisotopic (exact) mass is 451 g/mol. The largest absolute Gasteiger partial charge is 0.467 e. The van der Waals surface area contributed by atoms with Gasteiger partial charge in [-0.2, -0.15) is 0 Å². The summed E-state index contributed by atoms with van der Waals surface area (Å²) in [5, 5.41) is 2.64. The topological polar surface area (TPSA) is 102 Å². The van der Waals surface area contributed by atoms with E-state index in [-0.39, 0.29) is 18.7 Å². The molecular formula is C26H33N3O4. The van der Waals surface area contributed by atoms with Crippen LogP contribution < -0.4 is 11.1 Å². The SMILES string of the molecule is C=CCN(CCc1ccccc1)C(=O)CC[C@H](NC(=O)[C@H](N)Cc1ccccc1)C(=O)OC. The Bertz CT molecular complexity index is 902. The van der Waals surface area contributed by atoms with Crippen molar-refractivity contribution in [2.75, 3.05) is 20.2 Å². The number of nitrogens with one attached hydrogen (secondary N) is 1. The van der Waals surface area contributed by atoms with Gasteiger partial charge in [-0.3, -0.25) is 9.59 Å². The Balaban J connectivity index is 1.92. The van der Waals surface area contributed by atoms with E-state index >= 15 is 0 Å². The first kappa shape index (κ1) is 25.8. The van der Waals surface area contributed by atoms with Crippen LogP contribution in [0.4, 0.5) is 0 Å². The van der Waals surface area contributed by atoms with Crippen molar-refractivity contribution in [3.05, 3.63) is 84.4 Å². The third kappa shape index (κ3) is 8.90. The van der Waals surface area contributed by atoms with Crippen molar-refractivity contribution in [1.82, 2.24) is 10.2 Å². The Morgan fingerprint density at radius 3 is 2.24 bits per heavy atom. The van der Waals surface area contributed by atoms with Gasteiger partial charge in [-0.15, -0.1) is 6.58 Å². The number of rotatable bonds is 13. The van der Waals surface area contributed by atoms with Crippen LogP contribution in [0.5, 0.6) is 0 Å². The summed E-state index contributed by atoms with van der Waals surface area (Å²) in [5.74, 6) is -1.20. The molecule has 2 rings (SSSR count). The molecule has 0 aliphatic carbocycles. The molecule has 33 heavy (non-hydrogen) atoms. The maximum absolute atomic E-state index is 12.8. The summed E-state index contributed by atoms with van der Waals surface area (Å²) < 4.78 is 4.82. The Hall–Kier alpha value is -3.45. The van der Waals surface area contributed by atoms with Crippen LogP contribution in [-0.4, -0.2) is 55.0 Å². The van der Waals surface area contributed by atoms with Crippen LogP contribution >= 0.6 is 0 Å². The number of nitrogens with two attached hydrogens (primary N) is 1. The lowest BCUT2D eigenvalue weighted by Crippen LogP contribution is -2.50. The molecule has 7 heteroatoms. The fourth-order valence-electron chi connectivity index (χ4n) is 3.44. The molecule has 0 saturated heterocycles. The maximum atomic E-state index is 12.8. The molecule has 0 aromatic heterocycles. The first-order valence-electron chi connectivity index (χ1n) is 11.0. The third-order valence-electron chi connectivity index (χ3n) is 5.30. The number of esters is 1. The molecular weight excluding hydrogens is 418 g/mol. The van der Waals surface area contributed by atoms with Crippen LogP contribution in [0.15, 0.2) is 73.3 Å². The number of hydrogen-bond acceptors (Lipinski definition) is 5. The zero-order valence-electron chi connectivity index (χ0n) is 19.1. The van der Waals surface area contributed by atoms with Gasteiger partial charge in [0.25, 0.3) is 0 Å². The lowest BCUT2D eigenvalue weighted by molar-refractivity contribution is -0.145. The smallest absolute Gasteiger partial charge is 0.328 e. The van der Waals surface area contributed by atoms with Gasteiger partial charge in [-0.05, 0) is 30.4 Å². The van der Waals surface area contributed by atoms with E-state index in [2.05, 4.69) is 11.9 Å². The van der Waals surface area contributed by atoms with Crippen LogP contribution in [0.25, 0.3) is 0 Å². The quantitative estimate of drug-likeness (QED) is 0.359. The normalized spacial score (nSPS) is 12.3. The average Bonchev–Trinajstić information content (AvgIpc) is 2.84. The van der Waals surface area contributed by atoms with Gasteiger partial charge in [0.1, 0.15) is 6.04 Å². The molecule has 0 saturated carbocycles. The maximum Gasteiger partial charge on any atom is 0.328 e. The summed E-state index contributed by atoms with van der Waals surface area (Å²) in [6, 6.07) is 17.5. The molecule has 0 aliphatic heterocycles. The van der Waals surface area contributed by atoms with Gasteiger partial charge in [0.2, 0.25) is 11.8 Å². The minimum Gasteiger partial charge on any atom is -0.467 e. The van der Waals surface area contributed by atoms with Crippen molar-refractivity contribution in [2.24, 2.45) is 5.73 Å². The number of methoxy groups -OCH3 is 1. The molecule has 2 aromatic carbocycles. The second-order valence-corrected chi connectivity index (χ2v) is 7.78. The zero-order chi connectivity index (χ0) is 24.1. The molecule has 0 fully saturated rings. The number of benzene rings is 2. The molecule has 3 N–H and O–H groups in total. The predicted octanol–water partition coefficient (Wildman–Crippen LogP) is 2.25. The summed E-state index contributed by atoms with van der Waals surface area (Å²) in [4.78, 5) is 39.3. The Morgan fingerprint density at radius 2 is 1.67 bits per heavy atom. The van der Waals surface area contributed by atoms with Gasteiger partial charge in [0, 0.05) is 19.5 Å². The van der Waals surface area contributed by atoms with Crippen molar-refractivity contribution in [3.8, 4) is 0 Å². The summed E-state index contributed by atoms with van der Waals surface area (Å²) in [6.45, 7) is 4.67. The third-order valence-corrected chi connectivity index (χ3v) is 5.30. The number of nitrogens with zero attached hydrogens (tertiary/aromatic N) is 1. The molecule has 0 heterocycles. The average molecular weight is 452 g/mol. The molecule has 0 radical (unpaired) electrons. The van der Waals surface area contributed by atoms with Crippen LogP contribution in [0.3, 0.4) is 0 Å². The van der Waals surface area contributed by atoms with Crippen molar-refractivity contribution >= 4 is 17.8 Å². The van der Waals surface area contributed by atoms with Crippen LogP contribution in [0.2, 0.25) is 0 Å². The highest BCUT2D eigenvalue weighted by atomic mass is 16.5. The lowest BCUT2D eigenvalue weighted by Gasteiger charge is -2.23. The summed E-state index contributed by atoms with van der Waals surface area (Å²) in [6.07, 6.45) is 2.92. The van der Waals surface area contributed by atoms with Crippen molar-refractivity contribution < 1.29 is 19.1 Å². The molecule has 2 amide bonds. The minimum absolute atomic E-state index is 0.0800. The van der Waals surface area contributed by atoms with Crippen LogP contribution in [0, 0.1) is 0 Å². The number of carbonyl (C=O) groups is 3. The van der Waals surface area contributed by atoms with Crippen molar-refractivity contribution in [2.45, 2.75) is 37.8 Å². The lowest BCUT2D eigenvalue weighted by atomic mass is 10.0. The Morgan fingerprint density at radius 1 is 1.06 bits per heavy atom. The Kier molecular flexibility index (Phi) is 10.8. The number of hydrogen-bond donors (Lipinski definition) is 2. The van der Waals surface area contributed by atoms with E-state index in [9.17, 15) is 14.4 Å². The van der Waals surface area contributed by atoms with Crippen LogP contribution in [-0.2, 0) is 32.0 Å². The van der Waals surface area contributed by atoms with Gasteiger partial charge in [-0.1, -0.05) is 66.7 Å². The standard InChI is InChI=1S/C26H33N3O4/c1-3-17-29(18-16-20-10-6-4-7-11-20)24(30)15-14-23(26(32)33-2)28-25(31)22(27)19-21-12-8-5-9-13-21/h3-13,22-23H,1,14-19,27H2,2H3,(H,28,31)/t22-,23+/m1/s1. The molecule has 2 atom stereocenters. The molecule has 0 bridgehead atoms. The first-order valence-corrected chi connectivity index (χ1v) is 11.0. The summed E-state index contributed by atoms with van der Waals surface area (Å²) >= 11 is 0. The number of ether oxygens (including phenoxy) is 1. The van der Waals surface area contributed by atoms with Gasteiger partial charge in [0.15, 0.2) is 0 Å². The molecule has 0 spiro atoms. The molecule has 0 unspecified atom stereocenters. The highest BCUT2D eigenvalue weighted by Gasteiger charge is 2.26. The van der Waals surface area contributed by atoms with Gasteiger partial charge >= 0.3 is 5.97 Å². The second-order valence-electron chi connectivity index (χ2n) is 7.78. The van der Waals surface area contributed by atoms with Crippen molar-refractivity contribution in [1.29, 1.82) is 0 Å². The van der Waals surface area contributed by atoms with Crippen LogP contribution in [0.1, 0.15) is 24.0 Å². The number of amides is 2. The van der Waals surface area contributed by atoms with Crippen molar-refractivity contribution in [3.63, 3.8) is 0 Å². The van der Waals surface area contributed by atoms with E-state index in [0.717, 1.165) is 11.1 Å². The van der Waals surface area contributed by atoms with Gasteiger partial charge in [0.05, 0.1) is 13.2 Å².